The van der Waals surface area contributed by atoms with Crippen LogP contribution in [-0.4, -0.2) is 52.7 Å². The molecule has 0 atom stereocenters. The van der Waals surface area contributed by atoms with Gasteiger partial charge in [0.2, 0.25) is 10.9 Å². The van der Waals surface area contributed by atoms with Gasteiger partial charge in [0.15, 0.2) is 0 Å². The highest BCUT2D eigenvalue weighted by Crippen LogP contribution is 2.09. The fraction of sp³-hybridized carbons (Fsp3) is 0.700. The monoisotopic (exact) mass is 382 g/mol. The molecule has 0 aliphatic heterocycles. The quantitative estimate of drug-likeness (QED) is 0.225. The van der Waals surface area contributed by atoms with Crippen LogP contribution in [0.15, 0.2) is 21.7 Å². The van der Waals surface area contributed by atoms with E-state index in [9.17, 15) is 9.59 Å². The maximum atomic E-state index is 11.7. The van der Waals surface area contributed by atoms with Crippen LogP contribution in [0.5, 0.6) is 0 Å². The molecule has 3 N–H and O–H groups in total. The Balaban J connectivity index is 2.02. The summed E-state index contributed by atoms with van der Waals surface area (Å²) in [7, 11) is 0. The molecule has 0 spiro atoms. The third-order valence-corrected chi connectivity index (χ3v) is 3.96. The molecular weight excluding hydrogens is 348 g/mol. The Kier molecular flexibility index (Phi) is 13.5. The predicted molar refractivity (Wildman–Crippen MR) is 108 cm³/mol. The Morgan fingerprint density at radius 3 is 2.15 bits per heavy atom. The molecule has 1 rings (SSSR count). The van der Waals surface area contributed by atoms with Crippen LogP contribution >= 0.6 is 0 Å². The third-order valence-electron chi connectivity index (χ3n) is 3.96. The van der Waals surface area contributed by atoms with Gasteiger partial charge in [-0.1, -0.05) is 25.5 Å². The maximum Gasteiger partial charge on any atom is 0.249 e. The molecule has 0 saturated carbocycles. The minimum atomic E-state index is -0.406. The summed E-state index contributed by atoms with van der Waals surface area (Å²) in [6.07, 6.45) is 8.20. The van der Waals surface area contributed by atoms with Gasteiger partial charge in [-0.25, -0.2) is 0 Å². The van der Waals surface area contributed by atoms with Gasteiger partial charge in [-0.05, 0) is 32.2 Å². The SMILES string of the molecule is CCC/C=C/Cc1c(NCCCOCCOCCOCCCN)c(=O)c1=O. The lowest BCUT2D eigenvalue weighted by atomic mass is 10.0. The first kappa shape index (κ1) is 23.5. The Morgan fingerprint density at radius 1 is 0.889 bits per heavy atom. The van der Waals surface area contributed by atoms with Crippen LogP contribution in [0.1, 0.15) is 38.2 Å². The van der Waals surface area contributed by atoms with Crippen LogP contribution in [0, 0.1) is 0 Å². The van der Waals surface area contributed by atoms with Crippen LogP contribution in [0.25, 0.3) is 0 Å². The van der Waals surface area contributed by atoms with Gasteiger partial charge in [-0.2, -0.15) is 0 Å². The number of hydrogen-bond donors (Lipinski definition) is 2. The van der Waals surface area contributed by atoms with Crippen LogP contribution < -0.4 is 21.9 Å². The van der Waals surface area contributed by atoms with Crippen molar-refractivity contribution in [2.45, 2.75) is 39.0 Å². The van der Waals surface area contributed by atoms with E-state index in [0.717, 1.165) is 25.7 Å². The zero-order chi connectivity index (χ0) is 19.7. The second kappa shape index (κ2) is 15.5. The summed E-state index contributed by atoms with van der Waals surface area (Å²) in [5.74, 6) is 0. The van der Waals surface area contributed by atoms with Gasteiger partial charge in [0.05, 0.1) is 32.1 Å². The molecule has 27 heavy (non-hydrogen) atoms. The molecular formula is C20H34N2O5. The van der Waals surface area contributed by atoms with Crippen molar-refractivity contribution < 1.29 is 14.2 Å². The van der Waals surface area contributed by atoms with Crippen molar-refractivity contribution in [2.75, 3.05) is 58.0 Å². The lowest BCUT2D eigenvalue weighted by molar-refractivity contribution is 0.0144. The van der Waals surface area contributed by atoms with Gasteiger partial charge in [-0.15, -0.1) is 0 Å². The van der Waals surface area contributed by atoms with Crippen molar-refractivity contribution in [1.82, 2.24) is 0 Å². The van der Waals surface area contributed by atoms with E-state index in [2.05, 4.69) is 12.2 Å². The van der Waals surface area contributed by atoms with Gasteiger partial charge >= 0.3 is 0 Å². The molecule has 0 unspecified atom stereocenters. The molecule has 0 aliphatic carbocycles. The lowest BCUT2D eigenvalue weighted by Gasteiger charge is -2.12. The molecule has 1 aromatic rings. The molecule has 0 bridgehead atoms. The second-order valence-corrected chi connectivity index (χ2v) is 6.24. The molecule has 1 aromatic carbocycles. The highest BCUT2D eigenvalue weighted by molar-refractivity contribution is 5.57. The first-order valence-corrected chi connectivity index (χ1v) is 9.86. The van der Waals surface area contributed by atoms with E-state index in [-0.39, 0.29) is 5.43 Å². The summed E-state index contributed by atoms with van der Waals surface area (Å²) in [4.78, 5) is 23.3. The Morgan fingerprint density at radius 2 is 1.52 bits per heavy atom. The van der Waals surface area contributed by atoms with E-state index in [4.69, 9.17) is 19.9 Å². The molecule has 0 aliphatic rings. The van der Waals surface area contributed by atoms with Crippen molar-refractivity contribution in [3.63, 3.8) is 0 Å². The van der Waals surface area contributed by atoms with E-state index in [1.54, 1.807) is 0 Å². The molecule has 0 radical (unpaired) electrons. The second-order valence-electron chi connectivity index (χ2n) is 6.24. The summed E-state index contributed by atoms with van der Waals surface area (Å²) in [6.45, 7) is 6.76. The average Bonchev–Trinajstić information content (AvgIpc) is 2.68. The summed E-state index contributed by atoms with van der Waals surface area (Å²) in [5.41, 5.74) is 5.66. The largest absolute Gasteiger partial charge is 0.381 e. The Hall–Kier alpha value is -1.54. The van der Waals surface area contributed by atoms with Crippen molar-refractivity contribution in [2.24, 2.45) is 5.73 Å². The smallest absolute Gasteiger partial charge is 0.249 e. The fourth-order valence-electron chi connectivity index (χ4n) is 2.42. The number of ether oxygens (including phenoxy) is 3. The van der Waals surface area contributed by atoms with Crippen LogP contribution in [0.4, 0.5) is 5.69 Å². The van der Waals surface area contributed by atoms with Crippen LogP contribution in [0.2, 0.25) is 0 Å². The number of allylic oxidation sites excluding steroid dienone is 2. The average molecular weight is 383 g/mol. The molecule has 7 nitrogen and oxygen atoms in total. The Labute approximate surface area is 161 Å². The summed E-state index contributed by atoms with van der Waals surface area (Å²) in [5, 5.41) is 3.06. The van der Waals surface area contributed by atoms with Crippen molar-refractivity contribution in [3.8, 4) is 0 Å². The van der Waals surface area contributed by atoms with Gasteiger partial charge in [-0.3, -0.25) is 9.59 Å². The highest BCUT2D eigenvalue weighted by Gasteiger charge is 2.18. The normalized spacial score (nSPS) is 11.6. The molecule has 0 heterocycles. The minimum absolute atomic E-state index is 0.362. The van der Waals surface area contributed by atoms with Crippen LogP contribution in [-0.2, 0) is 20.6 Å². The van der Waals surface area contributed by atoms with Crippen molar-refractivity contribution >= 4 is 5.69 Å². The number of hydrogen-bond acceptors (Lipinski definition) is 7. The number of unbranched alkanes of at least 4 members (excludes halogenated alkanes) is 1. The molecule has 7 heteroatoms. The lowest BCUT2D eigenvalue weighted by Crippen LogP contribution is -2.38. The van der Waals surface area contributed by atoms with E-state index < -0.39 is 5.43 Å². The van der Waals surface area contributed by atoms with Gasteiger partial charge in [0, 0.05) is 25.3 Å². The molecule has 0 aromatic heterocycles. The zero-order valence-corrected chi connectivity index (χ0v) is 16.5. The summed E-state index contributed by atoms with van der Waals surface area (Å²) < 4.78 is 16.2. The topological polar surface area (TPSA) is 99.9 Å². The standard InChI is InChI=1S/C20H34N2O5/c1-2-3-4-5-8-17-18(20(24)19(17)23)22-10-7-12-26-14-16-27-15-13-25-11-6-9-21/h4-5,22H,2-3,6-16,21H2,1H3/b5-4+. The molecule has 0 amide bonds. The first-order chi connectivity index (χ1) is 13.2. The summed E-state index contributed by atoms with van der Waals surface area (Å²) in [6, 6.07) is 0. The third kappa shape index (κ3) is 9.81. The van der Waals surface area contributed by atoms with E-state index >= 15 is 0 Å². The van der Waals surface area contributed by atoms with E-state index in [1.165, 1.54) is 0 Å². The number of nitrogens with one attached hydrogen (secondary N) is 1. The maximum absolute atomic E-state index is 11.7. The van der Waals surface area contributed by atoms with Gasteiger partial charge in [0.1, 0.15) is 0 Å². The fourth-order valence-corrected chi connectivity index (χ4v) is 2.42. The zero-order valence-electron chi connectivity index (χ0n) is 16.5. The molecule has 0 fully saturated rings. The van der Waals surface area contributed by atoms with Crippen LogP contribution in [0.3, 0.4) is 0 Å². The van der Waals surface area contributed by atoms with Gasteiger partial charge in [0.25, 0.3) is 0 Å². The molecule has 0 saturated heterocycles. The Bertz CT molecular complexity index is 593. The number of rotatable bonds is 18. The van der Waals surface area contributed by atoms with E-state index in [1.807, 2.05) is 12.2 Å². The van der Waals surface area contributed by atoms with E-state index in [0.29, 0.717) is 70.4 Å². The van der Waals surface area contributed by atoms with Crippen molar-refractivity contribution in [1.29, 1.82) is 0 Å². The number of anilines is 1. The highest BCUT2D eigenvalue weighted by atomic mass is 16.5. The molecule has 154 valence electrons. The van der Waals surface area contributed by atoms with Crippen molar-refractivity contribution in [3.05, 3.63) is 38.2 Å². The predicted octanol–water partition coefficient (Wildman–Crippen LogP) is 1.38. The van der Waals surface area contributed by atoms with Gasteiger partial charge < -0.3 is 25.3 Å². The first-order valence-electron chi connectivity index (χ1n) is 9.86. The summed E-state index contributed by atoms with van der Waals surface area (Å²) >= 11 is 0. The number of nitrogens with two attached hydrogens (primary N) is 1. The minimum Gasteiger partial charge on any atom is -0.381 e.